The summed E-state index contributed by atoms with van der Waals surface area (Å²) in [7, 11) is 1.93. The molecule has 0 N–H and O–H groups in total. The molecule has 1 heterocycles. The Kier molecular flexibility index (Phi) is 1.72. The molecule has 0 amide bonds. The maximum atomic E-state index is 3.99. The summed E-state index contributed by atoms with van der Waals surface area (Å²) in [6.45, 7) is 4.43. The quantitative estimate of drug-likeness (QED) is 0.565. The molecule has 0 aliphatic heterocycles. The first kappa shape index (κ1) is 6.13. The van der Waals surface area contributed by atoms with Crippen molar-refractivity contribution < 1.29 is 0 Å². The van der Waals surface area contributed by atoms with Crippen molar-refractivity contribution in [2.45, 2.75) is 0 Å². The van der Waals surface area contributed by atoms with Crippen molar-refractivity contribution in [3.63, 3.8) is 0 Å². The fourth-order valence-electron chi connectivity index (χ4n) is 0.565. The smallest absolute Gasteiger partial charge is 0.0510 e. The van der Waals surface area contributed by atoms with Crippen LogP contribution in [0.2, 0.25) is 0 Å². The summed E-state index contributed by atoms with van der Waals surface area (Å²) in [5, 5.41) is 5.89. The predicted octanol–water partition coefficient (Wildman–Crippen LogP) is 0.285. The summed E-state index contributed by atoms with van der Waals surface area (Å²) < 4.78 is 0. The van der Waals surface area contributed by atoms with Gasteiger partial charge < -0.3 is 5.01 Å². The Hall–Kier alpha value is -0.990. The minimum Gasteiger partial charge on any atom is -0.300 e. The Morgan fingerprint density at radius 3 is 3.00 bits per heavy atom. The third-order valence-electron chi connectivity index (χ3n) is 1.16. The Balaban J connectivity index is 2.65. The van der Waals surface area contributed by atoms with E-state index >= 15 is 0 Å². The molecule has 0 bridgehead atoms. The average molecular weight is 124 g/mol. The Labute approximate surface area is 54.9 Å². The zero-order chi connectivity index (χ0) is 6.69. The van der Waals surface area contributed by atoms with Gasteiger partial charge in [-0.2, -0.15) is 9.89 Å². The molecule has 0 spiro atoms. The van der Waals surface area contributed by atoms with Crippen LogP contribution in [0.25, 0.3) is 0 Å². The first-order valence-corrected chi connectivity index (χ1v) is 2.85. The standard InChI is InChI=1S/C6H10N3/c1-3-8(2)9-6-4-5-7-9/h4-6H,1,3H2,2H3. The first-order valence-electron chi connectivity index (χ1n) is 2.85. The van der Waals surface area contributed by atoms with Gasteiger partial charge in [0.25, 0.3) is 0 Å². The SMILES string of the molecule is [CH2]CN(C)n1cccn1. The molecule has 3 nitrogen and oxygen atoms in total. The van der Waals surface area contributed by atoms with Gasteiger partial charge in [0.2, 0.25) is 0 Å². The van der Waals surface area contributed by atoms with Gasteiger partial charge in [-0.1, -0.05) is 0 Å². The molecular weight excluding hydrogens is 114 g/mol. The third-order valence-corrected chi connectivity index (χ3v) is 1.16. The molecule has 0 aliphatic rings. The Bertz CT molecular complexity index is 157. The van der Waals surface area contributed by atoms with Crippen molar-refractivity contribution in [3.8, 4) is 0 Å². The number of hydrogen-bond acceptors (Lipinski definition) is 2. The molecule has 0 aromatic carbocycles. The van der Waals surface area contributed by atoms with Crippen LogP contribution in [0, 0.1) is 6.92 Å². The van der Waals surface area contributed by atoms with E-state index in [1.54, 1.807) is 11.0 Å². The largest absolute Gasteiger partial charge is 0.300 e. The number of nitrogens with zero attached hydrogens (tertiary/aromatic N) is 3. The molecule has 0 saturated heterocycles. The van der Waals surface area contributed by atoms with E-state index in [-0.39, 0.29) is 0 Å². The molecule has 49 valence electrons. The molecule has 1 rings (SSSR count). The van der Waals surface area contributed by atoms with Crippen LogP contribution in [0.4, 0.5) is 0 Å². The van der Waals surface area contributed by atoms with Crippen LogP contribution in [-0.4, -0.2) is 23.5 Å². The van der Waals surface area contributed by atoms with Crippen molar-refractivity contribution in [1.82, 2.24) is 9.89 Å². The molecule has 0 saturated carbocycles. The predicted molar refractivity (Wildman–Crippen MR) is 36.6 cm³/mol. The number of rotatable bonds is 2. The lowest BCUT2D eigenvalue weighted by Gasteiger charge is -2.15. The van der Waals surface area contributed by atoms with Gasteiger partial charge in [0.15, 0.2) is 0 Å². The molecule has 3 heteroatoms. The van der Waals surface area contributed by atoms with Crippen molar-refractivity contribution in [1.29, 1.82) is 0 Å². The Morgan fingerprint density at radius 1 is 1.78 bits per heavy atom. The van der Waals surface area contributed by atoms with E-state index in [0.29, 0.717) is 0 Å². The van der Waals surface area contributed by atoms with Crippen molar-refractivity contribution in [3.05, 3.63) is 25.4 Å². The lowest BCUT2D eigenvalue weighted by atomic mass is 10.7. The molecule has 0 aliphatic carbocycles. The van der Waals surface area contributed by atoms with Gasteiger partial charge in [-0.3, -0.25) is 0 Å². The van der Waals surface area contributed by atoms with Crippen molar-refractivity contribution in [2.75, 3.05) is 18.6 Å². The van der Waals surface area contributed by atoms with Crippen LogP contribution in [0.1, 0.15) is 0 Å². The molecule has 0 fully saturated rings. The van der Waals surface area contributed by atoms with E-state index in [0.717, 1.165) is 6.54 Å². The van der Waals surface area contributed by atoms with Crippen LogP contribution in [0.15, 0.2) is 18.5 Å². The monoisotopic (exact) mass is 124 g/mol. The van der Waals surface area contributed by atoms with E-state index < -0.39 is 0 Å². The first-order chi connectivity index (χ1) is 4.34. The fraction of sp³-hybridized carbons (Fsp3) is 0.333. The number of aromatic nitrogens is 2. The van der Waals surface area contributed by atoms with Crippen molar-refractivity contribution in [2.24, 2.45) is 0 Å². The van der Waals surface area contributed by atoms with Crippen LogP contribution < -0.4 is 5.01 Å². The van der Waals surface area contributed by atoms with Crippen LogP contribution in [-0.2, 0) is 0 Å². The molecule has 1 aromatic heterocycles. The minimum atomic E-state index is 0.724. The van der Waals surface area contributed by atoms with E-state index in [1.165, 1.54) is 0 Å². The lowest BCUT2D eigenvalue weighted by Crippen LogP contribution is -2.29. The topological polar surface area (TPSA) is 21.1 Å². The second kappa shape index (κ2) is 2.53. The third kappa shape index (κ3) is 1.22. The number of hydrogen-bond donors (Lipinski definition) is 0. The molecular formula is C6H10N3. The van der Waals surface area contributed by atoms with Gasteiger partial charge in [-0.25, -0.2) is 0 Å². The minimum absolute atomic E-state index is 0.724. The molecule has 0 unspecified atom stereocenters. The van der Waals surface area contributed by atoms with E-state index in [9.17, 15) is 0 Å². The summed E-state index contributed by atoms with van der Waals surface area (Å²) in [4.78, 5) is 1.74. The summed E-state index contributed by atoms with van der Waals surface area (Å²) in [6.07, 6.45) is 3.62. The molecule has 0 atom stereocenters. The van der Waals surface area contributed by atoms with Gasteiger partial charge in [-0.05, 0) is 13.0 Å². The highest BCUT2D eigenvalue weighted by atomic mass is 15.6. The highest BCUT2D eigenvalue weighted by molar-refractivity contribution is 4.85. The van der Waals surface area contributed by atoms with Gasteiger partial charge in [0.05, 0.1) is 6.20 Å². The maximum absolute atomic E-state index is 3.99. The molecule has 1 radical (unpaired) electrons. The van der Waals surface area contributed by atoms with Gasteiger partial charge in [0, 0.05) is 19.8 Å². The molecule has 1 aromatic rings. The normalized spacial score (nSPS) is 9.56. The summed E-state index contributed by atoms with van der Waals surface area (Å²) in [5.41, 5.74) is 0. The highest BCUT2D eigenvalue weighted by Gasteiger charge is 1.91. The second-order valence-electron chi connectivity index (χ2n) is 1.81. The lowest BCUT2D eigenvalue weighted by molar-refractivity contribution is 0.611. The van der Waals surface area contributed by atoms with Gasteiger partial charge >= 0.3 is 0 Å². The summed E-state index contributed by atoms with van der Waals surface area (Å²) in [6, 6.07) is 1.88. The van der Waals surface area contributed by atoms with E-state index in [2.05, 4.69) is 12.0 Å². The summed E-state index contributed by atoms with van der Waals surface area (Å²) >= 11 is 0. The molecule has 9 heavy (non-hydrogen) atoms. The average Bonchev–Trinajstić information content (AvgIpc) is 2.37. The van der Waals surface area contributed by atoms with Crippen molar-refractivity contribution >= 4 is 0 Å². The van der Waals surface area contributed by atoms with E-state index in [4.69, 9.17) is 0 Å². The highest BCUT2D eigenvalue weighted by Crippen LogP contribution is 1.83. The fourth-order valence-corrected chi connectivity index (χ4v) is 0.565. The van der Waals surface area contributed by atoms with Gasteiger partial charge in [-0.15, -0.1) is 0 Å². The van der Waals surface area contributed by atoms with Crippen LogP contribution >= 0.6 is 0 Å². The summed E-state index contributed by atoms with van der Waals surface area (Å²) in [5.74, 6) is 0. The maximum Gasteiger partial charge on any atom is 0.0510 e. The van der Waals surface area contributed by atoms with E-state index in [1.807, 2.05) is 24.3 Å². The second-order valence-corrected chi connectivity index (χ2v) is 1.81. The Morgan fingerprint density at radius 2 is 2.56 bits per heavy atom. The zero-order valence-electron chi connectivity index (χ0n) is 5.49. The zero-order valence-corrected chi connectivity index (χ0v) is 5.49. The van der Waals surface area contributed by atoms with Crippen LogP contribution in [0.5, 0.6) is 0 Å². The van der Waals surface area contributed by atoms with Crippen LogP contribution in [0.3, 0.4) is 0 Å². The van der Waals surface area contributed by atoms with Gasteiger partial charge in [0.1, 0.15) is 0 Å².